The fourth-order valence-electron chi connectivity index (χ4n) is 3.03. The van der Waals surface area contributed by atoms with Gasteiger partial charge in [-0.3, -0.25) is 9.59 Å². The standard InChI is InChI=1S/C18H22F4N2O3/c1-11-4-5-13(14(19)10-11)15(25)23(3)12-6-8-24(9-7-12)16(26)17(2,27)18(20,21)22/h4-5,10,12,27H,6-9H2,1-3H3/t17-/m1/s1. The highest BCUT2D eigenvalue weighted by atomic mass is 19.4. The Hall–Kier alpha value is -2.16. The molecule has 0 aromatic heterocycles. The highest BCUT2D eigenvalue weighted by molar-refractivity contribution is 5.94. The molecule has 1 aliphatic heterocycles. The summed E-state index contributed by atoms with van der Waals surface area (Å²) in [6, 6.07) is 3.91. The Balaban J connectivity index is 2.02. The molecule has 0 saturated carbocycles. The molecule has 1 N–H and O–H groups in total. The molecule has 1 saturated heterocycles. The quantitative estimate of drug-likeness (QED) is 0.807. The van der Waals surface area contributed by atoms with Crippen LogP contribution in [0.5, 0.6) is 0 Å². The smallest absolute Gasteiger partial charge is 0.373 e. The monoisotopic (exact) mass is 390 g/mol. The lowest BCUT2D eigenvalue weighted by atomic mass is 9.98. The van der Waals surface area contributed by atoms with E-state index in [1.54, 1.807) is 13.0 Å². The van der Waals surface area contributed by atoms with E-state index in [1.807, 2.05) is 0 Å². The molecule has 1 fully saturated rings. The molecule has 0 bridgehead atoms. The Morgan fingerprint density at radius 3 is 2.26 bits per heavy atom. The van der Waals surface area contributed by atoms with Gasteiger partial charge in [-0.15, -0.1) is 0 Å². The van der Waals surface area contributed by atoms with Gasteiger partial charge in [0.15, 0.2) is 0 Å². The van der Waals surface area contributed by atoms with Gasteiger partial charge in [0.05, 0.1) is 5.56 Å². The molecule has 1 aromatic carbocycles. The van der Waals surface area contributed by atoms with Crippen LogP contribution in [0.25, 0.3) is 0 Å². The number of likely N-dealkylation sites (tertiary alicyclic amines) is 1. The van der Waals surface area contributed by atoms with E-state index in [2.05, 4.69) is 0 Å². The zero-order chi connectivity index (χ0) is 20.6. The van der Waals surface area contributed by atoms with Crippen LogP contribution >= 0.6 is 0 Å². The number of piperidine rings is 1. The molecule has 1 aliphatic rings. The van der Waals surface area contributed by atoms with E-state index in [9.17, 15) is 32.3 Å². The first kappa shape index (κ1) is 21.1. The van der Waals surface area contributed by atoms with Crippen molar-refractivity contribution in [2.75, 3.05) is 20.1 Å². The van der Waals surface area contributed by atoms with E-state index in [0.717, 1.165) is 4.90 Å². The maximum absolute atomic E-state index is 14.0. The molecule has 0 radical (unpaired) electrons. The van der Waals surface area contributed by atoms with Crippen molar-refractivity contribution >= 4 is 11.8 Å². The second kappa shape index (κ2) is 7.46. The second-order valence-electron chi connectivity index (χ2n) is 6.99. The van der Waals surface area contributed by atoms with Crippen molar-refractivity contribution in [2.24, 2.45) is 0 Å². The number of rotatable bonds is 3. The molecular formula is C18H22F4N2O3. The molecule has 1 heterocycles. The molecule has 0 unspecified atom stereocenters. The van der Waals surface area contributed by atoms with Crippen LogP contribution < -0.4 is 0 Å². The maximum Gasteiger partial charge on any atom is 0.426 e. The molecule has 150 valence electrons. The van der Waals surface area contributed by atoms with Gasteiger partial charge in [0.2, 0.25) is 5.60 Å². The number of nitrogens with zero attached hydrogens (tertiary/aromatic N) is 2. The van der Waals surface area contributed by atoms with Crippen LogP contribution in [0.3, 0.4) is 0 Å². The van der Waals surface area contributed by atoms with Crippen LogP contribution in [0, 0.1) is 12.7 Å². The van der Waals surface area contributed by atoms with Gasteiger partial charge in [-0.05, 0) is 44.4 Å². The Morgan fingerprint density at radius 2 is 1.78 bits per heavy atom. The number of aryl methyl sites for hydroxylation is 1. The Bertz CT molecular complexity index is 726. The van der Waals surface area contributed by atoms with Gasteiger partial charge in [-0.1, -0.05) is 6.07 Å². The summed E-state index contributed by atoms with van der Waals surface area (Å²) in [6.07, 6.45) is -4.61. The minimum absolute atomic E-state index is 0.0380. The molecular weight excluding hydrogens is 368 g/mol. The molecule has 2 amide bonds. The van der Waals surface area contributed by atoms with Crippen molar-refractivity contribution in [2.45, 2.75) is 44.5 Å². The Kier molecular flexibility index (Phi) is 5.84. The van der Waals surface area contributed by atoms with Crippen LogP contribution in [0.1, 0.15) is 35.7 Å². The normalized spacial score (nSPS) is 18.1. The minimum atomic E-state index is -5.07. The van der Waals surface area contributed by atoms with Gasteiger partial charge in [0.25, 0.3) is 11.8 Å². The second-order valence-corrected chi connectivity index (χ2v) is 6.99. The predicted molar refractivity (Wildman–Crippen MR) is 89.5 cm³/mol. The Morgan fingerprint density at radius 1 is 1.22 bits per heavy atom. The first-order chi connectivity index (χ1) is 12.4. The van der Waals surface area contributed by atoms with Crippen LogP contribution in [-0.2, 0) is 4.79 Å². The number of carbonyl (C=O) groups excluding carboxylic acids is 2. The summed E-state index contributed by atoms with van der Waals surface area (Å²) in [7, 11) is 1.50. The van der Waals surface area contributed by atoms with Gasteiger partial charge >= 0.3 is 6.18 Å². The van der Waals surface area contributed by atoms with Gasteiger partial charge in [-0.2, -0.15) is 13.2 Å². The van der Waals surface area contributed by atoms with E-state index in [4.69, 9.17) is 0 Å². The number of alkyl halides is 3. The summed E-state index contributed by atoms with van der Waals surface area (Å²) in [4.78, 5) is 26.8. The number of carbonyl (C=O) groups is 2. The third-order valence-corrected chi connectivity index (χ3v) is 4.94. The molecule has 5 nitrogen and oxygen atoms in total. The number of hydrogen-bond donors (Lipinski definition) is 1. The highest BCUT2D eigenvalue weighted by Crippen LogP contribution is 2.32. The molecule has 1 aromatic rings. The highest BCUT2D eigenvalue weighted by Gasteiger charge is 2.57. The van der Waals surface area contributed by atoms with E-state index in [1.165, 1.54) is 24.1 Å². The van der Waals surface area contributed by atoms with E-state index in [0.29, 0.717) is 12.5 Å². The van der Waals surface area contributed by atoms with Crippen LogP contribution in [0.4, 0.5) is 17.6 Å². The van der Waals surface area contributed by atoms with Crippen molar-refractivity contribution in [3.8, 4) is 0 Å². The minimum Gasteiger partial charge on any atom is -0.373 e. The molecule has 0 aliphatic carbocycles. The average molecular weight is 390 g/mol. The first-order valence-electron chi connectivity index (χ1n) is 8.48. The SMILES string of the molecule is Cc1ccc(C(=O)N(C)C2CCN(C(=O)[C@@](C)(O)C(F)(F)F)CC2)c(F)c1. The number of halogens is 4. The largest absolute Gasteiger partial charge is 0.426 e. The maximum atomic E-state index is 14.0. The number of benzene rings is 1. The van der Waals surface area contributed by atoms with E-state index >= 15 is 0 Å². The van der Waals surface area contributed by atoms with E-state index in [-0.39, 0.29) is 37.5 Å². The molecule has 9 heteroatoms. The van der Waals surface area contributed by atoms with Crippen molar-refractivity contribution in [3.63, 3.8) is 0 Å². The van der Waals surface area contributed by atoms with Gasteiger partial charge in [-0.25, -0.2) is 4.39 Å². The van der Waals surface area contributed by atoms with Crippen LogP contribution in [-0.4, -0.2) is 64.7 Å². The molecule has 0 spiro atoms. The van der Waals surface area contributed by atoms with Gasteiger partial charge in [0.1, 0.15) is 5.82 Å². The van der Waals surface area contributed by atoms with Crippen molar-refractivity contribution in [1.82, 2.24) is 9.80 Å². The number of hydrogen-bond acceptors (Lipinski definition) is 3. The van der Waals surface area contributed by atoms with Gasteiger partial charge < -0.3 is 14.9 Å². The summed E-state index contributed by atoms with van der Waals surface area (Å²) < 4.78 is 52.5. The van der Waals surface area contributed by atoms with Crippen LogP contribution in [0.15, 0.2) is 18.2 Å². The number of amides is 2. The lowest BCUT2D eigenvalue weighted by molar-refractivity contribution is -0.250. The third-order valence-electron chi connectivity index (χ3n) is 4.94. The van der Waals surface area contributed by atoms with Crippen molar-refractivity contribution < 1.29 is 32.3 Å². The first-order valence-corrected chi connectivity index (χ1v) is 8.48. The number of aliphatic hydroxyl groups is 1. The van der Waals surface area contributed by atoms with Crippen LogP contribution in [0.2, 0.25) is 0 Å². The van der Waals surface area contributed by atoms with E-state index < -0.39 is 29.4 Å². The lowest BCUT2D eigenvalue weighted by Crippen LogP contribution is -2.58. The topological polar surface area (TPSA) is 60.9 Å². The Labute approximate surface area is 154 Å². The summed E-state index contributed by atoms with van der Waals surface area (Å²) in [5.41, 5.74) is -2.86. The van der Waals surface area contributed by atoms with Gasteiger partial charge in [0, 0.05) is 26.2 Å². The van der Waals surface area contributed by atoms with Crippen molar-refractivity contribution in [1.29, 1.82) is 0 Å². The summed E-state index contributed by atoms with van der Waals surface area (Å²) >= 11 is 0. The molecule has 27 heavy (non-hydrogen) atoms. The predicted octanol–water partition coefficient (Wildman–Crippen LogP) is 2.51. The summed E-state index contributed by atoms with van der Waals surface area (Å²) in [6.45, 7) is 2.05. The third kappa shape index (κ3) is 4.23. The average Bonchev–Trinajstić information content (AvgIpc) is 2.59. The fraction of sp³-hybridized carbons (Fsp3) is 0.556. The summed E-state index contributed by atoms with van der Waals surface area (Å²) in [5.74, 6) is -2.58. The summed E-state index contributed by atoms with van der Waals surface area (Å²) in [5, 5.41) is 9.51. The fourth-order valence-corrected chi connectivity index (χ4v) is 3.03. The molecule has 2 rings (SSSR count). The zero-order valence-corrected chi connectivity index (χ0v) is 15.3. The lowest BCUT2D eigenvalue weighted by Gasteiger charge is -2.39. The van der Waals surface area contributed by atoms with Crippen molar-refractivity contribution in [3.05, 3.63) is 35.1 Å². The molecule has 1 atom stereocenters. The zero-order valence-electron chi connectivity index (χ0n) is 15.3.